The highest BCUT2D eigenvalue weighted by atomic mass is 19.1. The maximum absolute atomic E-state index is 14.9. The van der Waals surface area contributed by atoms with E-state index in [0.717, 1.165) is 29.8 Å². The predicted octanol–water partition coefficient (Wildman–Crippen LogP) is 6.19. The van der Waals surface area contributed by atoms with Crippen LogP contribution in [0.3, 0.4) is 0 Å². The first-order chi connectivity index (χ1) is 17.4. The quantitative estimate of drug-likeness (QED) is 0.402. The molecule has 0 radical (unpaired) electrons. The van der Waals surface area contributed by atoms with Gasteiger partial charge in [-0.1, -0.05) is 26.5 Å². The molecule has 2 bridgehead atoms. The predicted molar refractivity (Wildman–Crippen MR) is 139 cm³/mol. The molecule has 2 aliphatic carbocycles. The van der Waals surface area contributed by atoms with Crippen LogP contribution in [0.2, 0.25) is 0 Å². The monoisotopic (exact) mass is 501 g/mol. The van der Waals surface area contributed by atoms with E-state index in [9.17, 15) is 9.50 Å². The molecule has 0 aromatic carbocycles. The van der Waals surface area contributed by atoms with Crippen molar-refractivity contribution >= 4 is 5.57 Å². The van der Waals surface area contributed by atoms with Crippen molar-refractivity contribution in [3.05, 3.63) is 83.2 Å². The minimum Gasteiger partial charge on any atom is -0.443 e. The summed E-state index contributed by atoms with van der Waals surface area (Å²) in [5, 5.41) is 19.5. The summed E-state index contributed by atoms with van der Waals surface area (Å²) in [6.45, 7) is 15.3. The average Bonchev–Trinajstić information content (AvgIpc) is 3.48. The highest BCUT2D eigenvalue weighted by Crippen LogP contribution is 2.69. The molecule has 7 nitrogen and oxygen atoms in total. The second-order valence-electron chi connectivity index (χ2n) is 11.1. The molecule has 37 heavy (non-hydrogen) atoms. The van der Waals surface area contributed by atoms with Crippen molar-refractivity contribution in [1.29, 1.82) is 0 Å². The van der Waals surface area contributed by atoms with Crippen LogP contribution in [-0.2, 0) is 11.0 Å². The van der Waals surface area contributed by atoms with Crippen molar-refractivity contribution in [3.63, 3.8) is 0 Å². The topological polar surface area (TPSA) is 97.8 Å². The Kier molecular flexibility index (Phi) is 5.79. The third kappa shape index (κ3) is 3.69. The van der Waals surface area contributed by atoms with E-state index in [1.165, 1.54) is 12.3 Å². The summed E-state index contributed by atoms with van der Waals surface area (Å²) in [6, 6.07) is 1.98. The number of rotatable bonds is 6. The van der Waals surface area contributed by atoms with Crippen molar-refractivity contribution in [2.24, 2.45) is 5.41 Å². The molecular weight excluding hydrogens is 469 g/mol. The summed E-state index contributed by atoms with van der Waals surface area (Å²) >= 11 is 0. The molecule has 5 rings (SSSR count). The van der Waals surface area contributed by atoms with Gasteiger partial charge in [0.1, 0.15) is 29.1 Å². The lowest BCUT2D eigenvalue weighted by molar-refractivity contribution is 0.0738. The maximum atomic E-state index is 14.9. The van der Waals surface area contributed by atoms with E-state index in [2.05, 4.69) is 35.5 Å². The van der Waals surface area contributed by atoms with Gasteiger partial charge < -0.3 is 9.52 Å². The molecule has 8 heteroatoms. The lowest BCUT2D eigenvalue weighted by Gasteiger charge is -2.37. The maximum Gasteiger partial charge on any atom is 0.247 e. The lowest BCUT2D eigenvalue weighted by Crippen LogP contribution is -2.38. The number of hydrogen-bond acceptors (Lipinski definition) is 7. The average molecular weight is 502 g/mol. The van der Waals surface area contributed by atoms with Crippen molar-refractivity contribution in [3.8, 4) is 11.6 Å². The van der Waals surface area contributed by atoms with Crippen LogP contribution in [0.25, 0.3) is 17.2 Å². The fourth-order valence-corrected chi connectivity index (χ4v) is 6.14. The number of nitrogens with zero attached hydrogens (tertiary/aromatic N) is 5. The minimum atomic E-state index is -1.13. The summed E-state index contributed by atoms with van der Waals surface area (Å²) in [5.41, 5.74) is 3.20. The molecule has 1 N–H and O–H groups in total. The highest BCUT2D eigenvalue weighted by Gasteiger charge is 2.65. The zero-order chi connectivity index (χ0) is 26.8. The van der Waals surface area contributed by atoms with Crippen LogP contribution < -0.4 is 0 Å². The summed E-state index contributed by atoms with van der Waals surface area (Å²) < 4.78 is 20.6. The molecule has 0 amide bonds. The van der Waals surface area contributed by atoms with Crippen molar-refractivity contribution in [2.45, 2.75) is 71.3 Å². The lowest BCUT2D eigenvalue weighted by atomic mass is 9.66. The van der Waals surface area contributed by atoms with Crippen LogP contribution in [-0.4, -0.2) is 30.3 Å². The zero-order valence-corrected chi connectivity index (χ0v) is 22.1. The van der Waals surface area contributed by atoms with Gasteiger partial charge >= 0.3 is 0 Å². The van der Waals surface area contributed by atoms with Gasteiger partial charge in [0.05, 0.1) is 28.7 Å². The van der Waals surface area contributed by atoms with Gasteiger partial charge in [0, 0.05) is 11.8 Å². The first kappa shape index (κ1) is 25.1. The number of fused-ring (bicyclic) bond motifs is 5. The Labute approximate surface area is 216 Å². The highest BCUT2D eigenvalue weighted by molar-refractivity contribution is 5.79. The fourth-order valence-electron chi connectivity index (χ4n) is 6.14. The van der Waals surface area contributed by atoms with E-state index in [1.54, 1.807) is 46.2 Å². The first-order valence-electron chi connectivity index (χ1n) is 12.5. The van der Waals surface area contributed by atoms with Crippen LogP contribution in [0.4, 0.5) is 4.39 Å². The van der Waals surface area contributed by atoms with E-state index < -0.39 is 11.0 Å². The van der Waals surface area contributed by atoms with Crippen molar-refractivity contribution in [2.75, 3.05) is 0 Å². The molecule has 192 valence electrons. The summed E-state index contributed by atoms with van der Waals surface area (Å²) in [6.07, 6.45) is 9.70. The van der Waals surface area contributed by atoms with Crippen molar-refractivity contribution < 1.29 is 13.9 Å². The molecule has 3 heterocycles. The van der Waals surface area contributed by atoms with Gasteiger partial charge in [-0.15, -0.1) is 0 Å². The van der Waals surface area contributed by atoms with E-state index in [0.29, 0.717) is 34.1 Å². The van der Waals surface area contributed by atoms with Crippen LogP contribution in [0.15, 0.2) is 59.3 Å². The SMILES string of the molecule is C=C(C)/C(=C(F)\C=C/C)c1cc2c(nn1)[C@@]1(c3cncc(-c4nc(C(C)(C)O)co4)n3)CC[C@@H]2C1(C)C. The second-order valence-corrected chi connectivity index (χ2v) is 11.1. The standard InChI is InChI=1S/C29H32FN5O2/c1-8-9-19(30)24(16(2)3)20-12-17-18-10-11-29(27(18,4)5,25(17)35-34-20)22-14-31-13-21(32-22)26-33-23(15-37-26)28(6,7)36/h8-9,12-15,18,36H,2,10-11H2,1,3-7H3/b9-8-,24-19-/t18-,29-/m0/s1. The van der Waals surface area contributed by atoms with E-state index in [-0.39, 0.29) is 17.2 Å². The first-order valence-corrected chi connectivity index (χ1v) is 12.5. The molecule has 0 spiro atoms. The number of aromatic nitrogens is 5. The third-order valence-electron chi connectivity index (χ3n) is 8.04. The van der Waals surface area contributed by atoms with E-state index in [4.69, 9.17) is 14.5 Å². The molecule has 0 aliphatic heterocycles. The van der Waals surface area contributed by atoms with E-state index in [1.807, 2.05) is 6.07 Å². The number of hydrogen-bond donors (Lipinski definition) is 1. The van der Waals surface area contributed by atoms with Gasteiger partial charge in [0.15, 0.2) is 0 Å². The summed E-state index contributed by atoms with van der Waals surface area (Å²) in [7, 11) is 0. The zero-order valence-electron chi connectivity index (χ0n) is 22.1. The molecule has 2 atom stereocenters. The Balaban J connectivity index is 1.64. The fraction of sp³-hybridized carbons (Fsp3) is 0.414. The Bertz CT molecular complexity index is 1460. The molecule has 3 aromatic rings. The smallest absolute Gasteiger partial charge is 0.247 e. The minimum absolute atomic E-state index is 0.210. The Hall–Kier alpha value is -3.52. The number of aliphatic hydroxyl groups is 1. The van der Waals surface area contributed by atoms with Crippen LogP contribution in [0, 0.1) is 5.41 Å². The van der Waals surface area contributed by atoms with Crippen LogP contribution >= 0.6 is 0 Å². The third-order valence-corrected chi connectivity index (χ3v) is 8.04. The van der Waals surface area contributed by atoms with Gasteiger partial charge in [-0.3, -0.25) is 4.98 Å². The Morgan fingerprint density at radius 3 is 2.65 bits per heavy atom. The molecule has 2 aliphatic rings. The summed E-state index contributed by atoms with van der Waals surface area (Å²) in [5.74, 6) is 0.128. The normalized spacial score (nSPS) is 22.9. The Morgan fingerprint density at radius 1 is 1.24 bits per heavy atom. The number of oxazole rings is 1. The molecule has 0 unspecified atom stereocenters. The van der Waals surface area contributed by atoms with Crippen LogP contribution in [0.1, 0.15) is 88.6 Å². The Morgan fingerprint density at radius 2 is 2.00 bits per heavy atom. The van der Waals surface area contributed by atoms with Gasteiger partial charge in [-0.05, 0) is 75.1 Å². The number of halogens is 1. The number of allylic oxidation sites excluding steroid dienone is 5. The molecule has 3 aromatic heterocycles. The molecule has 0 saturated heterocycles. The molecule has 1 fully saturated rings. The van der Waals surface area contributed by atoms with Gasteiger partial charge in [-0.25, -0.2) is 14.4 Å². The summed E-state index contributed by atoms with van der Waals surface area (Å²) in [4.78, 5) is 13.9. The van der Waals surface area contributed by atoms with Gasteiger partial charge in [0.25, 0.3) is 0 Å². The van der Waals surface area contributed by atoms with E-state index >= 15 is 0 Å². The molecule has 1 saturated carbocycles. The van der Waals surface area contributed by atoms with Gasteiger partial charge in [-0.2, -0.15) is 10.2 Å². The second kappa shape index (κ2) is 8.52. The largest absolute Gasteiger partial charge is 0.443 e. The van der Waals surface area contributed by atoms with Crippen LogP contribution in [0.5, 0.6) is 0 Å². The van der Waals surface area contributed by atoms with Gasteiger partial charge in [0.2, 0.25) is 5.89 Å². The molecular formula is C29H32FN5O2. The van der Waals surface area contributed by atoms with Crippen molar-refractivity contribution in [1.82, 2.24) is 25.1 Å².